The lowest BCUT2D eigenvalue weighted by Gasteiger charge is -2.44. The first-order valence-electron chi connectivity index (χ1n) is 9.90. The molecule has 1 atom stereocenters. The largest absolute Gasteiger partial charge is 0.383 e. The van der Waals surface area contributed by atoms with Gasteiger partial charge in [0.1, 0.15) is 11.9 Å². The van der Waals surface area contributed by atoms with E-state index < -0.39 is 0 Å². The minimum atomic E-state index is -0.278. The number of amides is 1. The van der Waals surface area contributed by atoms with Gasteiger partial charge in [0, 0.05) is 32.6 Å². The van der Waals surface area contributed by atoms with Crippen LogP contribution in [0.2, 0.25) is 0 Å². The third kappa shape index (κ3) is 3.55. The van der Waals surface area contributed by atoms with Crippen LogP contribution in [0.15, 0.2) is 18.7 Å². The van der Waals surface area contributed by atoms with Crippen LogP contribution in [-0.4, -0.2) is 80.7 Å². The number of piperidine rings is 1. The smallest absolute Gasteiger partial charge is 0.252 e. The van der Waals surface area contributed by atoms with Gasteiger partial charge in [-0.15, -0.1) is 0 Å². The summed E-state index contributed by atoms with van der Waals surface area (Å²) in [6.07, 6.45) is 11.5. The zero-order chi connectivity index (χ0) is 18.7. The molecule has 0 saturated carbocycles. The number of fused-ring (bicyclic) bond motifs is 1. The number of hydrogen-bond donors (Lipinski definition) is 0. The van der Waals surface area contributed by atoms with E-state index in [2.05, 4.69) is 20.0 Å². The van der Waals surface area contributed by atoms with Crippen LogP contribution in [-0.2, 0) is 16.0 Å². The second kappa shape index (κ2) is 7.90. The second-order valence-electron chi connectivity index (χ2n) is 7.58. The Balaban J connectivity index is 1.38. The molecule has 2 saturated heterocycles. The topological polar surface area (TPSA) is 75.9 Å². The normalized spacial score (nSPS) is 23.7. The van der Waals surface area contributed by atoms with Gasteiger partial charge in [0.05, 0.1) is 6.61 Å². The molecule has 1 spiro atoms. The predicted molar refractivity (Wildman–Crippen MR) is 100 cm³/mol. The summed E-state index contributed by atoms with van der Waals surface area (Å²) >= 11 is 0. The second-order valence-corrected chi connectivity index (χ2v) is 7.58. The van der Waals surface area contributed by atoms with Crippen LogP contribution in [0, 0.1) is 0 Å². The summed E-state index contributed by atoms with van der Waals surface area (Å²) in [6, 6.07) is 0. The molecule has 4 heterocycles. The number of likely N-dealkylation sites (tertiary alicyclic amines) is 2. The summed E-state index contributed by atoms with van der Waals surface area (Å²) in [5, 5.41) is 4.15. The van der Waals surface area contributed by atoms with Gasteiger partial charge >= 0.3 is 0 Å². The molecule has 0 bridgehead atoms. The van der Waals surface area contributed by atoms with E-state index in [0.717, 1.165) is 63.7 Å². The molecule has 2 aromatic heterocycles. The van der Waals surface area contributed by atoms with E-state index >= 15 is 0 Å². The Kier molecular flexibility index (Phi) is 5.36. The number of carbonyl (C=O) groups excluding carboxylic acids is 1. The number of carbonyl (C=O) groups is 1. The molecule has 1 unspecified atom stereocenters. The predicted octanol–water partition coefficient (Wildman–Crippen LogP) is 1.16. The van der Waals surface area contributed by atoms with Crippen molar-refractivity contribution < 1.29 is 9.53 Å². The van der Waals surface area contributed by atoms with E-state index in [9.17, 15) is 4.79 Å². The summed E-state index contributed by atoms with van der Waals surface area (Å²) < 4.78 is 6.90. The van der Waals surface area contributed by atoms with Crippen molar-refractivity contribution in [3.05, 3.63) is 24.3 Å². The number of methoxy groups -OCH3 is 1. The van der Waals surface area contributed by atoms with E-state index in [-0.39, 0.29) is 5.54 Å². The zero-order valence-corrected chi connectivity index (χ0v) is 16.0. The highest BCUT2D eigenvalue weighted by molar-refractivity contribution is 5.87. The first kappa shape index (κ1) is 18.3. The molecule has 2 fully saturated rings. The molecule has 4 rings (SSSR count). The van der Waals surface area contributed by atoms with Gasteiger partial charge in [-0.05, 0) is 57.2 Å². The fourth-order valence-electron chi connectivity index (χ4n) is 4.63. The van der Waals surface area contributed by atoms with Crippen molar-refractivity contribution in [1.29, 1.82) is 0 Å². The average molecular weight is 372 g/mol. The van der Waals surface area contributed by atoms with Gasteiger partial charge in [-0.1, -0.05) is 0 Å². The molecule has 27 heavy (non-hydrogen) atoms. The third-order valence-electron chi connectivity index (χ3n) is 5.97. The van der Waals surface area contributed by atoms with E-state index in [0.29, 0.717) is 24.8 Å². The summed E-state index contributed by atoms with van der Waals surface area (Å²) in [4.78, 5) is 26.1. The molecule has 146 valence electrons. The highest BCUT2D eigenvalue weighted by Gasteiger charge is 2.50. The fourth-order valence-corrected chi connectivity index (χ4v) is 4.63. The number of hydrogen-bond acceptors (Lipinski definition) is 6. The van der Waals surface area contributed by atoms with Gasteiger partial charge in [0.2, 0.25) is 5.91 Å². The van der Waals surface area contributed by atoms with E-state index in [1.165, 1.54) is 6.33 Å². The van der Waals surface area contributed by atoms with Gasteiger partial charge in [-0.2, -0.15) is 10.1 Å². The molecule has 8 nitrogen and oxygen atoms in total. The van der Waals surface area contributed by atoms with Crippen LogP contribution >= 0.6 is 0 Å². The average Bonchev–Trinajstić information content (AvgIpc) is 3.30. The minimum absolute atomic E-state index is 0.278. The molecule has 0 aliphatic carbocycles. The van der Waals surface area contributed by atoms with Crippen molar-refractivity contribution in [1.82, 2.24) is 29.4 Å². The maximum Gasteiger partial charge on any atom is 0.252 e. The third-order valence-corrected chi connectivity index (χ3v) is 5.97. The van der Waals surface area contributed by atoms with Crippen molar-refractivity contribution in [3.63, 3.8) is 0 Å². The Hall–Kier alpha value is -2.06. The first-order valence-corrected chi connectivity index (χ1v) is 9.90. The Bertz CT molecular complexity index is 793. The fraction of sp³-hybridized carbons (Fsp3) is 0.684. The van der Waals surface area contributed by atoms with Crippen LogP contribution in [0.5, 0.6) is 0 Å². The first-order chi connectivity index (χ1) is 13.2. The molecule has 0 radical (unpaired) electrons. The summed E-state index contributed by atoms with van der Waals surface area (Å²) in [6.45, 7) is 4.14. The summed E-state index contributed by atoms with van der Waals surface area (Å²) in [5.74, 6) is 0.940. The monoisotopic (exact) mass is 372 g/mol. The number of rotatable bonds is 7. The summed E-state index contributed by atoms with van der Waals surface area (Å²) in [5.41, 5.74) is 0.873. The van der Waals surface area contributed by atoms with Crippen molar-refractivity contribution in [2.24, 2.45) is 0 Å². The van der Waals surface area contributed by atoms with Crippen LogP contribution in [0.25, 0.3) is 5.78 Å². The van der Waals surface area contributed by atoms with Crippen molar-refractivity contribution in [2.45, 2.75) is 44.1 Å². The SMILES string of the molecule is COCCN1CCCC2(CCCN2CCCc2cnc3ncnn3c2)C1=O. The number of aromatic nitrogens is 4. The van der Waals surface area contributed by atoms with Crippen molar-refractivity contribution in [2.75, 3.05) is 39.9 Å². The molecular weight excluding hydrogens is 344 g/mol. The van der Waals surface area contributed by atoms with Gasteiger partial charge in [-0.3, -0.25) is 9.69 Å². The minimum Gasteiger partial charge on any atom is -0.383 e. The highest BCUT2D eigenvalue weighted by Crippen LogP contribution is 2.38. The molecule has 0 aromatic carbocycles. The van der Waals surface area contributed by atoms with E-state index in [1.54, 1.807) is 11.6 Å². The van der Waals surface area contributed by atoms with Crippen LogP contribution in [0.3, 0.4) is 0 Å². The van der Waals surface area contributed by atoms with Gasteiger partial charge < -0.3 is 9.64 Å². The molecule has 0 N–H and O–H groups in total. The van der Waals surface area contributed by atoms with Crippen molar-refractivity contribution in [3.8, 4) is 0 Å². The Morgan fingerprint density at radius 1 is 1.19 bits per heavy atom. The van der Waals surface area contributed by atoms with E-state index in [4.69, 9.17) is 4.74 Å². The van der Waals surface area contributed by atoms with Crippen LogP contribution in [0.4, 0.5) is 0 Å². The van der Waals surface area contributed by atoms with Crippen molar-refractivity contribution >= 4 is 11.7 Å². The van der Waals surface area contributed by atoms with Crippen LogP contribution in [0.1, 0.15) is 37.7 Å². The lowest BCUT2D eigenvalue weighted by Crippen LogP contribution is -2.60. The van der Waals surface area contributed by atoms with Gasteiger partial charge in [0.25, 0.3) is 5.78 Å². The maximum absolute atomic E-state index is 13.2. The standard InChI is InChI=1S/C19H28N6O2/c1-27-12-11-23-8-3-6-19(17(23)26)7-4-10-24(19)9-2-5-16-13-20-18-21-15-22-25(18)14-16/h13-15H,2-12H2,1H3. The molecule has 2 aliphatic heterocycles. The molecule has 2 aliphatic rings. The zero-order valence-electron chi connectivity index (χ0n) is 16.0. The van der Waals surface area contributed by atoms with Crippen LogP contribution < -0.4 is 0 Å². The Morgan fingerprint density at radius 3 is 2.89 bits per heavy atom. The number of nitrogens with zero attached hydrogens (tertiary/aromatic N) is 6. The lowest BCUT2D eigenvalue weighted by molar-refractivity contribution is -0.148. The highest BCUT2D eigenvalue weighted by atomic mass is 16.5. The number of ether oxygens (including phenoxy) is 1. The van der Waals surface area contributed by atoms with Gasteiger partial charge in [-0.25, -0.2) is 9.50 Å². The quantitative estimate of drug-likeness (QED) is 0.726. The molecular formula is C19H28N6O2. The molecule has 1 amide bonds. The van der Waals surface area contributed by atoms with E-state index in [1.807, 2.05) is 17.3 Å². The molecule has 2 aromatic rings. The Morgan fingerprint density at radius 2 is 2.04 bits per heavy atom. The Labute approximate surface area is 159 Å². The molecule has 8 heteroatoms. The summed E-state index contributed by atoms with van der Waals surface area (Å²) in [7, 11) is 1.69. The number of aryl methyl sites for hydroxylation is 1. The maximum atomic E-state index is 13.2. The lowest BCUT2D eigenvalue weighted by atomic mass is 9.85. The van der Waals surface area contributed by atoms with Gasteiger partial charge in [0.15, 0.2) is 0 Å².